The highest BCUT2D eigenvalue weighted by Crippen LogP contribution is 2.20. The fourth-order valence-corrected chi connectivity index (χ4v) is 4.06. The van der Waals surface area contributed by atoms with Crippen LogP contribution in [0.5, 0.6) is 0 Å². The number of nitrogens with zero attached hydrogens (tertiary/aromatic N) is 2. The van der Waals surface area contributed by atoms with Crippen LogP contribution in [-0.2, 0) is 16.6 Å². The number of benzene rings is 2. The Hall–Kier alpha value is -2.31. The summed E-state index contributed by atoms with van der Waals surface area (Å²) in [6.07, 6.45) is 1.72. The summed E-state index contributed by atoms with van der Waals surface area (Å²) in [5.74, 6) is 0.280. The third-order valence-electron chi connectivity index (χ3n) is 3.75. The van der Waals surface area contributed by atoms with Crippen LogP contribution in [-0.4, -0.2) is 18.2 Å². The van der Waals surface area contributed by atoms with E-state index in [1.807, 2.05) is 31.2 Å². The molecular weight excluding hydrogens is 358 g/mol. The molecule has 0 fully saturated rings. The minimum Gasteiger partial charge on any atom is -0.266 e. The van der Waals surface area contributed by atoms with Gasteiger partial charge in [-0.25, -0.2) is 8.42 Å². The van der Waals surface area contributed by atoms with Gasteiger partial charge in [-0.05, 0) is 48.7 Å². The van der Waals surface area contributed by atoms with Crippen LogP contribution in [0.3, 0.4) is 0 Å². The van der Waals surface area contributed by atoms with Crippen molar-refractivity contribution in [3.63, 3.8) is 0 Å². The highest BCUT2D eigenvalue weighted by Gasteiger charge is 2.18. The fourth-order valence-electron chi connectivity index (χ4n) is 2.52. The molecule has 0 spiro atoms. The monoisotopic (exact) mass is 375 g/mol. The molecule has 7 heteroatoms. The largest absolute Gasteiger partial charge is 0.266 e. The van der Waals surface area contributed by atoms with Crippen molar-refractivity contribution in [1.29, 1.82) is 0 Å². The molecule has 0 atom stereocenters. The SMILES string of the molecule is Cc1ccc(C)c(S(=O)(=O)Nc2ccn(Cc3cccc(Cl)c3)n2)c1. The first-order valence-corrected chi connectivity index (χ1v) is 9.57. The molecule has 0 aliphatic rings. The summed E-state index contributed by atoms with van der Waals surface area (Å²) in [5.41, 5.74) is 2.56. The lowest BCUT2D eigenvalue weighted by Crippen LogP contribution is -2.15. The van der Waals surface area contributed by atoms with Gasteiger partial charge in [0.05, 0.1) is 11.4 Å². The summed E-state index contributed by atoms with van der Waals surface area (Å²) >= 11 is 5.98. The van der Waals surface area contributed by atoms with Crippen molar-refractivity contribution in [3.05, 3.63) is 76.4 Å². The maximum Gasteiger partial charge on any atom is 0.263 e. The maximum atomic E-state index is 12.6. The Morgan fingerprint density at radius 2 is 1.92 bits per heavy atom. The van der Waals surface area contributed by atoms with E-state index in [1.54, 1.807) is 42.1 Å². The van der Waals surface area contributed by atoms with Crippen LogP contribution in [0.2, 0.25) is 5.02 Å². The van der Waals surface area contributed by atoms with Crippen molar-refractivity contribution in [2.75, 3.05) is 4.72 Å². The third kappa shape index (κ3) is 4.21. The molecule has 1 heterocycles. The lowest BCUT2D eigenvalue weighted by Gasteiger charge is -2.09. The molecule has 130 valence electrons. The molecule has 1 aromatic heterocycles. The van der Waals surface area contributed by atoms with Gasteiger partial charge in [0.1, 0.15) is 0 Å². The molecule has 0 saturated carbocycles. The van der Waals surface area contributed by atoms with E-state index < -0.39 is 10.0 Å². The molecule has 25 heavy (non-hydrogen) atoms. The van der Waals surface area contributed by atoms with E-state index >= 15 is 0 Å². The second kappa shape index (κ2) is 6.90. The van der Waals surface area contributed by atoms with E-state index in [-0.39, 0.29) is 10.7 Å². The summed E-state index contributed by atoms with van der Waals surface area (Å²) in [6.45, 7) is 4.13. The summed E-state index contributed by atoms with van der Waals surface area (Å²) in [5, 5.41) is 4.93. The zero-order valence-corrected chi connectivity index (χ0v) is 15.5. The zero-order chi connectivity index (χ0) is 18.0. The fraction of sp³-hybridized carbons (Fsp3) is 0.167. The number of hydrogen-bond donors (Lipinski definition) is 1. The first-order valence-electron chi connectivity index (χ1n) is 7.71. The number of aromatic nitrogens is 2. The molecule has 2 aromatic carbocycles. The van der Waals surface area contributed by atoms with E-state index in [0.717, 1.165) is 11.1 Å². The van der Waals surface area contributed by atoms with Crippen LogP contribution in [0, 0.1) is 13.8 Å². The number of rotatable bonds is 5. The van der Waals surface area contributed by atoms with Gasteiger partial charge >= 0.3 is 0 Å². The van der Waals surface area contributed by atoms with Crippen molar-refractivity contribution in [2.45, 2.75) is 25.3 Å². The molecule has 3 rings (SSSR count). The van der Waals surface area contributed by atoms with Crippen molar-refractivity contribution in [2.24, 2.45) is 0 Å². The lowest BCUT2D eigenvalue weighted by molar-refractivity contribution is 0.600. The van der Waals surface area contributed by atoms with Crippen LogP contribution in [0.4, 0.5) is 5.82 Å². The Morgan fingerprint density at radius 3 is 2.68 bits per heavy atom. The predicted octanol–water partition coefficient (Wildman–Crippen LogP) is 4.00. The van der Waals surface area contributed by atoms with E-state index in [2.05, 4.69) is 9.82 Å². The highest BCUT2D eigenvalue weighted by atomic mass is 35.5. The summed E-state index contributed by atoms with van der Waals surface area (Å²) in [4.78, 5) is 0.261. The summed E-state index contributed by atoms with van der Waals surface area (Å²) < 4.78 is 29.4. The summed E-state index contributed by atoms with van der Waals surface area (Å²) in [7, 11) is -3.68. The van der Waals surface area contributed by atoms with Crippen LogP contribution >= 0.6 is 11.6 Å². The number of aryl methyl sites for hydroxylation is 2. The summed E-state index contributed by atoms with van der Waals surface area (Å²) in [6, 6.07) is 14.4. The standard InChI is InChI=1S/C18H18ClN3O2S/c1-13-6-7-14(2)17(10-13)25(23,24)21-18-8-9-22(20-18)12-15-4-3-5-16(19)11-15/h3-11H,12H2,1-2H3,(H,20,21). The van der Waals surface area contributed by atoms with Gasteiger partial charge in [-0.1, -0.05) is 35.9 Å². The first kappa shape index (κ1) is 17.5. The van der Waals surface area contributed by atoms with E-state index in [1.165, 1.54) is 0 Å². The molecule has 0 radical (unpaired) electrons. The van der Waals surface area contributed by atoms with Crippen molar-refractivity contribution >= 4 is 27.4 Å². The van der Waals surface area contributed by atoms with Crippen LogP contribution in [0.15, 0.2) is 59.6 Å². The average molecular weight is 376 g/mol. The van der Waals surface area contributed by atoms with Crippen molar-refractivity contribution in [3.8, 4) is 0 Å². The van der Waals surface area contributed by atoms with Gasteiger partial charge in [0.2, 0.25) is 0 Å². The molecule has 1 N–H and O–H groups in total. The van der Waals surface area contributed by atoms with Gasteiger partial charge in [0.25, 0.3) is 10.0 Å². The number of hydrogen-bond acceptors (Lipinski definition) is 3. The van der Waals surface area contributed by atoms with E-state index in [9.17, 15) is 8.42 Å². The van der Waals surface area contributed by atoms with E-state index in [0.29, 0.717) is 17.1 Å². The van der Waals surface area contributed by atoms with Crippen LogP contribution < -0.4 is 4.72 Å². The van der Waals surface area contributed by atoms with Gasteiger partial charge in [-0.3, -0.25) is 9.40 Å². The topological polar surface area (TPSA) is 64.0 Å². The Kier molecular flexibility index (Phi) is 4.83. The first-order chi connectivity index (χ1) is 11.8. The predicted molar refractivity (Wildman–Crippen MR) is 99.5 cm³/mol. The molecular formula is C18H18ClN3O2S. The van der Waals surface area contributed by atoms with Gasteiger partial charge < -0.3 is 0 Å². The number of anilines is 1. The second-order valence-electron chi connectivity index (χ2n) is 5.90. The minimum atomic E-state index is -3.68. The average Bonchev–Trinajstić information content (AvgIpc) is 2.96. The van der Waals surface area contributed by atoms with Crippen LogP contribution in [0.1, 0.15) is 16.7 Å². The van der Waals surface area contributed by atoms with E-state index in [4.69, 9.17) is 11.6 Å². The molecule has 0 aliphatic heterocycles. The molecule has 5 nitrogen and oxygen atoms in total. The number of nitrogens with one attached hydrogen (secondary N) is 1. The molecule has 0 amide bonds. The minimum absolute atomic E-state index is 0.261. The van der Waals surface area contributed by atoms with Crippen molar-refractivity contribution in [1.82, 2.24) is 9.78 Å². The molecule has 0 unspecified atom stereocenters. The number of sulfonamides is 1. The Labute approximate surface area is 152 Å². The highest BCUT2D eigenvalue weighted by molar-refractivity contribution is 7.92. The Bertz CT molecular complexity index is 1010. The molecule has 0 bridgehead atoms. The Morgan fingerprint density at radius 1 is 1.12 bits per heavy atom. The van der Waals surface area contributed by atoms with Gasteiger partial charge in [-0.2, -0.15) is 5.10 Å². The molecule has 0 saturated heterocycles. The number of halogens is 1. The van der Waals surface area contributed by atoms with Gasteiger partial charge in [-0.15, -0.1) is 0 Å². The smallest absolute Gasteiger partial charge is 0.263 e. The molecule has 0 aliphatic carbocycles. The molecule has 3 aromatic rings. The van der Waals surface area contributed by atoms with Crippen LogP contribution in [0.25, 0.3) is 0 Å². The third-order valence-corrected chi connectivity index (χ3v) is 5.48. The van der Waals surface area contributed by atoms with Crippen molar-refractivity contribution < 1.29 is 8.42 Å². The normalized spacial score (nSPS) is 11.5. The Balaban J connectivity index is 1.80. The lowest BCUT2D eigenvalue weighted by atomic mass is 10.2. The quantitative estimate of drug-likeness (QED) is 0.733. The van der Waals surface area contributed by atoms with Gasteiger partial charge in [0, 0.05) is 17.3 Å². The zero-order valence-electron chi connectivity index (χ0n) is 13.9. The van der Waals surface area contributed by atoms with Gasteiger partial charge in [0.15, 0.2) is 5.82 Å². The maximum absolute atomic E-state index is 12.6. The second-order valence-corrected chi connectivity index (χ2v) is 7.99.